The monoisotopic (exact) mass is 161 g/mol. The molecule has 11 heavy (non-hydrogen) atoms. The molecular weight excluding hydrogens is 148 g/mol. The Labute approximate surface area is 64.6 Å². The normalized spacial score (nSPS) is 13.3. The first-order valence-electron chi connectivity index (χ1n) is 3.30. The third-order valence-electron chi connectivity index (χ3n) is 0.972. The van der Waals surface area contributed by atoms with E-state index in [0.29, 0.717) is 13.2 Å². The summed E-state index contributed by atoms with van der Waals surface area (Å²) in [4.78, 5) is 10.1. The molecule has 0 amide bonds. The van der Waals surface area contributed by atoms with Gasteiger partial charge in [0.1, 0.15) is 25.2 Å². The van der Waals surface area contributed by atoms with Crippen LogP contribution in [0, 0.1) is 0 Å². The molecule has 6 N–H and O–H groups in total. The van der Waals surface area contributed by atoms with E-state index in [2.05, 4.69) is 11.5 Å². The smallest absolute Gasteiger partial charge is 0.146 e. The van der Waals surface area contributed by atoms with Gasteiger partial charge in [0.05, 0.1) is 6.26 Å². The fourth-order valence-electron chi connectivity index (χ4n) is 0.380. The van der Waals surface area contributed by atoms with E-state index in [1.807, 2.05) is 0 Å². The van der Waals surface area contributed by atoms with Gasteiger partial charge in [0, 0.05) is 6.08 Å². The number of rotatable bonds is 5. The quantitative estimate of drug-likeness (QED) is 0.318. The molecule has 0 spiro atoms. The van der Waals surface area contributed by atoms with Gasteiger partial charge in [-0.1, -0.05) is 0 Å². The molecule has 0 heterocycles. The minimum atomic E-state index is -1.21. The number of carbonyl (C=O) groups is 1. The molecule has 1 atom stereocenters. The molecule has 0 unspecified atom stereocenters. The summed E-state index contributed by atoms with van der Waals surface area (Å²) in [6.07, 6.45) is 2.63. The molecule has 5 heteroatoms. The number of hydrogen-bond donors (Lipinski definition) is 2. The molecule has 5 nitrogen and oxygen atoms in total. The summed E-state index contributed by atoms with van der Waals surface area (Å²) < 4.78 is 4.83. The van der Waals surface area contributed by atoms with Crippen molar-refractivity contribution in [3.63, 3.8) is 0 Å². The van der Waals surface area contributed by atoms with E-state index in [-0.39, 0.29) is 0 Å². The van der Waals surface area contributed by atoms with Crippen LogP contribution in [-0.2, 0) is 9.53 Å². The summed E-state index contributed by atoms with van der Waals surface area (Å²) in [5.41, 5.74) is 6.82. The Kier molecular flexibility index (Phi) is 5.14. The Hall–Kier alpha value is -1.07. The van der Waals surface area contributed by atoms with Crippen LogP contribution < -0.4 is 16.6 Å². The topological polar surface area (TPSA) is 105 Å². The number of carbonyl (C=O) groups excluding carboxylic acids is 1. The van der Waals surface area contributed by atoms with Crippen LogP contribution in [0.4, 0.5) is 0 Å². The van der Waals surface area contributed by atoms with Crippen LogP contribution in [0.2, 0.25) is 0 Å². The molecule has 0 radical (unpaired) electrons. The predicted octanol–water partition coefficient (Wildman–Crippen LogP) is -3.88. The van der Waals surface area contributed by atoms with Gasteiger partial charge >= 0.3 is 0 Å². The maximum absolute atomic E-state index is 10.1. The van der Waals surface area contributed by atoms with Crippen molar-refractivity contribution >= 4 is 5.97 Å². The van der Waals surface area contributed by atoms with E-state index in [9.17, 15) is 9.90 Å². The van der Waals surface area contributed by atoms with Crippen LogP contribution in [0.3, 0.4) is 0 Å². The minimum Gasteiger partial charge on any atom is -0.544 e. The second kappa shape index (κ2) is 5.70. The molecule has 0 aliphatic rings. The lowest BCUT2D eigenvalue weighted by Crippen LogP contribution is -2.67. The summed E-state index contributed by atoms with van der Waals surface area (Å²) in [5, 5.41) is 10.1. The number of ether oxygens (including phenoxy) is 1. The van der Waals surface area contributed by atoms with Crippen molar-refractivity contribution in [2.24, 2.45) is 0 Å². The largest absolute Gasteiger partial charge is 0.544 e. The van der Waals surface area contributed by atoms with Gasteiger partial charge in [0.25, 0.3) is 0 Å². The van der Waals surface area contributed by atoms with Crippen molar-refractivity contribution in [2.75, 3.05) is 13.2 Å². The molecule has 0 aliphatic carbocycles. The second-order valence-corrected chi connectivity index (χ2v) is 1.98. The molecular formula is C6H13N2O3+. The van der Waals surface area contributed by atoms with Crippen LogP contribution >= 0.6 is 0 Å². The van der Waals surface area contributed by atoms with Gasteiger partial charge in [-0.25, -0.2) is 0 Å². The lowest BCUT2D eigenvalue weighted by Gasteiger charge is -2.02. The Morgan fingerprint density at radius 1 is 1.73 bits per heavy atom. The zero-order valence-corrected chi connectivity index (χ0v) is 6.29. The molecule has 64 valence electrons. The van der Waals surface area contributed by atoms with Gasteiger partial charge < -0.3 is 26.1 Å². The molecule has 0 saturated heterocycles. The summed E-state index contributed by atoms with van der Waals surface area (Å²) >= 11 is 0. The number of hydrogen-bond acceptors (Lipinski definition) is 3. The van der Waals surface area contributed by atoms with Crippen molar-refractivity contribution in [3.8, 4) is 0 Å². The van der Waals surface area contributed by atoms with Crippen molar-refractivity contribution in [3.05, 3.63) is 12.3 Å². The summed E-state index contributed by atoms with van der Waals surface area (Å²) in [5.74, 6) is -1.21. The zero-order chi connectivity index (χ0) is 8.69. The van der Waals surface area contributed by atoms with Crippen LogP contribution in [0.1, 0.15) is 0 Å². The highest BCUT2D eigenvalue weighted by molar-refractivity contribution is 5.71. The Morgan fingerprint density at radius 2 is 2.36 bits per heavy atom. The van der Waals surface area contributed by atoms with Gasteiger partial charge in [0.2, 0.25) is 0 Å². The highest BCUT2D eigenvalue weighted by Gasteiger charge is 1.99. The number of carboxylic acid groups (broad SMARTS) is 1. The average molecular weight is 161 g/mol. The minimum absolute atomic E-state index is 0.482. The molecule has 0 aromatic carbocycles. The van der Waals surface area contributed by atoms with Gasteiger partial charge in [-0.15, -0.1) is 0 Å². The maximum Gasteiger partial charge on any atom is 0.146 e. The van der Waals surface area contributed by atoms with E-state index in [1.54, 1.807) is 0 Å². The van der Waals surface area contributed by atoms with E-state index < -0.39 is 12.0 Å². The van der Waals surface area contributed by atoms with Crippen LogP contribution in [-0.4, -0.2) is 25.2 Å². The van der Waals surface area contributed by atoms with E-state index >= 15 is 0 Å². The van der Waals surface area contributed by atoms with E-state index in [4.69, 9.17) is 4.74 Å². The second-order valence-electron chi connectivity index (χ2n) is 1.98. The SMILES string of the molecule is [NH3+]CCO/C=C/[C@H]([NH3+])C(=O)[O-]. The number of carboxylic acids is 1. The highest BCUT2D eigenvalue weighted by atomic mass is 16.5. The van der Waals surface area contributed by atoms with Crippen LogP contribution in [0.5, 0.6) is 0 Å². The summed E-state index contributed by atoms with van der Waals surface area (Å²) in [7, 11) is 0. The van der Waals surface area contributed by atoms with Gasteiger partial charge in [-0.3, -0.25) is 0 Å². The van der Waals surface area contributed by atoms with Gasteiger partial charge in [-0.05, 0) is 0 Å². The summed E-state index contributed by atoms with van der Waals surface area (Å²) in [6, 6.07) is -0.847. The Morgan fingerprint density at radius 3 is 2.82 bits per heavy atom. The van der Waals surface area contributed by atoms with E-state index in [1.165, 1.54) is 12.3 Å². The zero-order valence-electron chi connectivity index (χ0n) is 6.29. The van der Waals surface area contributed by atoms with Crippen molar-refractivity contribution in [2.45, 2.75) is 6.04 Å². The lowest BCUT2D eigenvalue weighted by molar-refractivity contribution is -0.424. The molecule has 0 fully saturated rings. The van der Waals surface area contributed by atoms with Crippen LogP contribution in [0.25, 0.3) is 0 Å². The third kappa shape index (κ3) is 5.38. The maximum atomic E-state index is 10.1. The highest BCUT2D eigenvalue weighted by Crippen LogP contribution is 1.79. The molecule has 0 aliphatic heterocycles. The molecule has 0 saturated carbocycles. The lowest BCUT2D eigenvalue weighted by atomic mass is 10.3. The Bertz CT molecular complexity index is 147. The van der Waals surface area contributed by atoms with Gasteiger partial charge in [-0.2, -0.15) is 0 Å². The predicted molar refractivity (Wildman–Crippen MR) is 34.5 cm³/mol. The standard InChI is InChI=1S/C6H12N2O3/c7-2-4-11-3-1-5(8)6(9)10/h1,3,5H,2,4,7-8H2,(H,9,10)/p+1/b3-1+/t5-/m0/s1. The van der Waals surface area contributed by atoms with Crippen LogP contribution in [0.15, 0.2) is 12.3 Å². The number of quaternary nitrogens is 2. The third-order valence-corrected chi connectivity index (χ3v) is 0.972. The molecule has 0 rings (SSSR count). The first kappa shape index (κ1) is 9.93. The van der Waals surface area contributed by atoms with Gasteiger partial charge in [0.15, 0.2) is 0 Å². The van der Waals surface area contributed by atoms with Crippen molar-refractivity contribution in [1.29, 1.82) is 0 Å². The first-order chi connectivity index (χ1) is 5.18. The van der Waals surface area contributed by atoms with E-state index in [0.717, 1.165) is 0 Å². The fraction of sp³-hybridized carbons (Fsp3) is 0.500. The average Bonchev–Trinajstić information content (AvgIpc) is 1.97. The fourth-order valence-corrected chi connectivity index (χ4v) is 0.380. The molecule has 0 aromatic heterocycles. The first-order valence-corrected chi connectivity index (χ1v) is 3.30. The molecule has 0 bridgehead atoms. The summed E-state index contributed by atoms with van der Waals surface area (Å²) in [6.45, 7) is 1.13. The Balaban J connectivity index is 3.48. The molecule has 0 aromatic rings. The van der Waals surface area contributed by atoms with Crippen molar-refractivity contribution in [1.82, 2.24) is 0 Å². The number of aliphatic carboxylic acids is 1. The van der Waals surface area contributed by atoms with Crippen molar-refractivity contribution < 1.29 is 26.1 Å².